The Morgan fingerprint density at radius 2 is 1.93 bits per heavy atom. The molecule has 1 aromatic rings. The molecule has 0 amide bonds. The fraction of sp³-hybridized carbons (Fsp3) is 0.636. The topological polar surface area (TPSA) is 29.0 Å². The lowest BCUT2D eigenvalue weighted by Crippen LogP contribution is -2.15. The van der Waals surface area contributed by atoms with Crippen LogP contribution in [0.1, 0.15) is 26.5 Å². The fourth-order valence-corrected chi connectivity index (χ4v) is 1.24. The number of nitrogens with zero attached hydrogens (tertiary/aromatic N) is 3. The third kappa shape index (κ3) is 3.32. The Morgan fingerprint density at radius 3 is 2.43 bits per heavy atom. The highest BCUT2D eigenvalue weighted by atomic mass is 15.2. The third-order valence-electron chi connectivity index (χ3n) is 1.81. The summed E-state index contributed by atoms with van der Waals surface area (Å²) in [5.41, 5.74) is 1.38. The van der Waals surface area contributed by atoms with Crippen LogP contribution < -0.4 is 4.90 Å². The summed E-state index contributed by atoms with van der Waals surface area (Å²) in [6.45, 7) is 6.64. The second kappa shape index (κ2) is 3.95. The Bertz CT molecular complexity index is 300. The largest absolute Gasteiger partial charge is 0.347 e. The van der Waals surface area contributed by atoms with Gasteiger partial charge in [-0.25, -0.2) is 9.97 Å². The van der Waals surface area contributed by atoms with E-state index in [2.05, 4.69) is 30.7 Å². The van der Waals surface area contributed by atoms with E-state index in [0.717, 1.165) is 18.1 Å². The predicted octanol–water partition coefficient (Wildman–Crippen LogP) is 2.13. The molecule has 0 saturated carbocycles. The minimum atomic E-state index is 0.276. The van der Waals surface area contributed by atoms with Crippen molar-refractivity contribution >= 4 is 5.95 Å². The van der Waals surface area contributed by atoms with Gasteiger partial charge >= 0.3 is 0 Å². The van der Waals surface area contributed by atoms with Crippen LogP contribution in [0.3, 0.4) is 0 Å². The number of hydrogen-bond donors (Lipinski definition) is 0. The Hall–Kier alpha value is -1.12. The van der Waals surface area contributed by atoms with E-state index in [1.807, 2.05) is 31.3 Å². The Morgan fingerprint density at radius 1 is 1.29 bits per heavy atom. The first-order valence-corrected chi connectivity index (χ1v) is 4.88. The van der Waals surface area contributed by atoms with Gasteiger partial charge < -0.3 is 4.90 Å². The molecule has 78 valence electrons. The van der Waals surface area contributed by atoms with Crippen molar-refractivity contribution in [2.24, 2.45) is 5.41 Å². The van der Waals surface area contributed by atoms with Crippen molar-refractivity contribution in [3.8, 4) is 0 Å². The Labute approximate surface area is 86.2 Å². The van der Waals surface area contributed by atoms with Gasteiger partial charge in [0.05, 0.1) is 0 Å². The van der Waals surface area contributed by atoms with Crippen molar-refractivity contribution in [1.29, 1.82) is 0 Å². The summed E-state index contributed by atoms with van der Waals surface area (Å²) in [7, 11) is 3.91. The van der Waals surface area contributed by atoms with Gasteiger partial charge in [0, 0.05) is 26.0 Å². The summed E-state index contributed by atoms with van der Waals surface area (Å²) in [5.74, 6) is 0.784. The van der Waals surface area contributed by atoms with Crippen molar-refractivity contribution in [2.45, 2.75) is 27.2 Å². The number of anilines is 1. The minimum absolute atomic E-state index is 0.276. The van der Waals surface area contributed by atoms with Gasteiger partial charge in [0.25, 0.3) is 0 Å². The van der Waals surface area contributed by atoms with Crippen LogP contribution >= 0.6 is 0 Å². The van der Waals surface area contributed by atoms with Gasteiger partial charge in [-0.2, -0.15) is 0 Å². The minimum Gasteiger partial charge on any atom is -0.347 e. The second-order valence-corrected chi connectivity index (χ2v) is 4.98. The summed E-state index contributed by atoms with van der Waals surface area (Å²) >= 11 is 0. The SMILES string of the molecule is CN(C)c1nccc(CC(C)(C)C)n1. The van der Waals surface area contributed by atoms with Gasteiger partial charge in [-0.05, 0) is 17.9 Å². The van der Waals surface area contributed by atoms with Crippen molar-refractivity contribution in [2.75, 3.05) is 19.0 Å². The molecule has 0 unspecified atom stereocenters. The molecule has 0 N–H and O–H groups in total. The molecule has 1 heterocycles. The molecule has 0 radical (unpaired) electrons. The van der Waals surface area contributed by atoms with Gasteiger partial charge in [-0.15, -0.1) is 0 Å². The van der Waals surface area contributed by atoms with Crippen molar-refractivity contribution in [3.05, 3.63) is 18.0 Å². The van der Waals surface area contributed by atoms with Gasteiger partial charge in [-0.1, -0.05) is 20.8 Å². The molecule has 0 atom stereocenters. The summed E-state index contributed by atoms with van der Waals surface area (Å²) in [4.78, 5) is 10.6. The van der Waals surface area contributed by atoms with Gasteiger partial charge in [0.15, 0.2) is 0 Å². The van der Waals surface area contributed by atoms with E-state index in [-0.39, 0.29) is 5.41 Å². The molecule has 3 nitrogen and oxygen atoms in total. The molecule has 0 aliphatic rings. The highest BCUT2D eigenvalue weighted by Crippen LogP contribution is 2.19. The van der Waals surface area contributed by atoms with E-state index in [1.54, 1.807) is 0 Å². The molecule has 0 bridgehead atoms. The maximum atomic E-state index is 4.47. The third-order valence-corrected chi connectivity index (χ3v) is 1.81. The molecule has 0 saturated heterocycles. The average molecular weight is 193 g/mol. The van der Waals surface area contributed by atoms with E-state index in [0.29, 0.717) is 0 Å². The zero-order valence-electron chi connectivity index (χ0n) is 9.70. The van der Waals surface area contributed by atoms with Crippen LogP contribution in [-0.2, 0) is 6.42 Å². The van der Waals surface area contributed by atoms with Crippen molar-refractivity contribution in [1.82, 2.24) is 9.97 Å². The zero-order valence-corrected chi connectivity index (χ0v) is 9.70. The molecule has 0 spiro atoms. The number of hydrogen-bond acceptors (Lipinski definition) is 3. The smallest absolute Gasteiger partial charge is 0.224 e. The molecule has 0 fully saturated rings. The molecule has 0 aromatic carbocycles. The standard InChI is InChI=1S/C11H19N3/c1-11(2,3)8-9-6-7-12-10(13-9)14(4)5/h6-7H,8H2,1-5H3. The fourth-order valence-electron chi connectivity index (χ4n) is 1.24. The number of rotatable bonds is 2. The van der Waals surface area contributed by atoms with E-state index in [1.165, 1.54) is 0 Å². The van der Waals surface area contributed by atoms with Crippen molar-refractivity contribution in [3.63, 3.8) is 0 Å². The average Bonchev–Trinajstić information content (AvgIpc) is 2.01. The zero-order chi connectivity index (χ0) is 10.8. The first kappa shape index (κ1) is 11.0. The lowest BCUT2D eigenvalue weighted by atomic mass is 9.90. The highest BCUT2D eigenvalue weighted by molar-refractivity contribution is 5.27. The van der Waals surface area contributed by atoms with Crippen LogP contribution in [-0.4, -0.2) is 24.1 Å². The summed E-state index contributed by atoms with van der Waals surface area (Å²) in [6.07, 6.45) is 2.81. The first-order valence-electron chi connectivity index (χ1n) is 4.88. The first-order chi connectivity index (χ1) is 6.38. The Balaban J connectivity index is 2.84. The summed E-state index contributed by atoms with van der Waals surface area (Å²) in [5, 5.41) is 0. The van der Waals surface area contributed by atoms with Gasteiger partial charge in [0.1, 0.15) is 0 Å². The number of aromatic nitrogens is 2. The van der Waals surface area contributed by atoms with E-state index < -0.39 is 0 Å². The van der Waals surface area contributed by atoms with Crippen LogP contribution in [0.5, 0.6) is 0 Å². The van der Waals surface area contributed by atoms with Gasteiger partial charge in [-0.3, -0.25) is 0 Å². The maximum absolute atomic E-state index is 4.47. The predicted molar refractivity (Wildman–Crippen MR) is 59.5 cm³/mol. The van der Waals surface area contributed by atoms with Gasteiger partial charge in [0.2, 0.25) is 5.95 Å². The van der Waals surface area contributed by atoms with Crippen LogP contribution in [0, 0.1) is 5.41 Å². The molecule has 1 aromatic heterocycles. The van der Waals surface area contributed by atoms with Crippen LogP contribution in [0.4, 0.5) is 5.95 Å². The molecule has 0 aliphatic carbocycles. The quantitative estimate of drug-likeness (QED) is 0.720. The molecular weight excluding hydrogens is 174 g/mol. The molecule has 14 heavy (non-hydrogen) atoms. The molecule has 1 rings (SSSR count). The normalized spacial score (nSPS) is 11.5. The van der Waals surface area contributed by atoms with Crippen LogP contribution in [0.2, 0.25) is 0 Å². The Kier molecular flexibility index (Phi) is 3.09. The maximum Gasteiger partial charge on any atom is 0.224 e. The summed E-state index contributed by atoms with van der Waals surface area (Å²) in [6, 6.07) is 1.98. The second-order valence-electron chi connectivity index (χ2n) is 4.98. The molecule has 3 heteroatoms. The van der Waals surface area contributed by atoms with E-state index >= 15 is 0 Å². The van der Waals surface area contributed by atoms with E-state index in [4.69, 9.17) is 0 Å². The molecular formula is C11H19N3. The monoisotopic (exact) mass is 193 g/mol. The van der Waals surface area contributed by atoms with Crippen molar-refractivity contribution < 1.29 is 0 Å². The molecule has 0 aliphatic heterocycles. The van der Waals surface area contributed by atoms with Crippen LogP contribution in [0.25, 0.3) is 0 Å². The lowest BCUT2D eigenvalue weighted by molar-refractivity contribution is 0.406. The highest BCUT2D eigenvalue weighted by Gasteiger charge is 2.12. The van der Waals surface area contributed by atoms with Crippen LogP contribution in [0.15, 0.2) is 12.3 Å². The summed E-state index contributed by atoms with van der Waals surface area (Å²) < 4.78 is 0. The van der Waals surface area contributed by atoms with E-state index in [9.17, 15) is 0 Å². The lowest BCUT2D eigenvalue weighted by Gasteiger charge is -2.18.